The summed E-state index contributed by atoms with van der Waals surface area (Å²) in [5.41, 5.74) is 3.49. The predicted octanol–water partition coefficient (Wildman–Crippen LogP) is 4.80. The highest BCUT2D eigenvalue weighted by Gasteiger charge is 2.47. The molecule has 6 heteroatoms. The lowest BCUT2D eigenvalue weighted by Crippen LogP contribution is -2.50. The van der Waals surface area contributed by atoms with Gasteiger partial charge in [-0.25, -0.2) is 4.79 Å². The van der Waals surface area contributed by atoms with Gasteiger partial charge in [0.15, 0.2) is 0 Å². The van der Waals surface area contributed by atoms with E-state index in [-0.39, 0.29) is 24.0 Å². The van der Waals surface area contributed by atoms with Gasteiger partial charge in [0.1, 0.15) is 18.0 Å². The number of nitrogens with zero attached hydrogens (tertiary/aromatic N) is 2. The molecule has 2 aliphatic heterocycles. The Labute approximate surface area is 196 Å². The normalized spacial score (nSPS) is 19.8. The maximum absolute atomic E-state index is 13.7. The molecular weight excluding hydrogens is 416 g/mol. The molecule has 0 radical (unpaired) electrons. The lowest BCUT2D eigenvalue weighted by molar-refractivity contribution is 0.0273. The molecule has 2 aromatic rings. The monoisotopic (exact) mass is 450 g/mol. The third-order valence-corrected chi connectivity index (χ3v) is 6.39. The maximum Gasteiger partial charge on any atom is 0.410 e. The summed E-state index contributed by atoms with van der Waals surface area (Å²) in [6, 6.07) is 13.8. The number of carbonyl (C=O) groups is 2. The van der Waals surface area contributed by atoms with Crippen molar-refractivity contribution in [3.05, 3.63) is 64.7 Å². The van der Waals surface area contributed by atoms with Crippen molar-refractivity contribution < 1.29 is 19.1 Å². The molecule has 2 heterocycles. The van der Waals surface area contributed by atoms with Crippen LogP contribution < -0.4 is 4.74 Å². The van der Waals surface area contributed by atoms with Gasteiger partial charge in [-0.3, -0.25) is 4.79 Å². The Morgan fingerprint density at radius 3 is 2.52 bits per heavy atom. The molecule has 33 heavy (non-hydrogen) atoms. The Kier molecular flexibility index (Phi) is 6.37. The number of fused-ring (bicyclic) bond motifs is 3. The summed E-state index contributed by atoms with van der Waals surface area (Å²) in [6.45, 7) is 11.6. The standard InChI is InChI=1S/C27H34N2O4/c1-6-19-14-18(2)24-21(15-19)22-16-28(26(31)33-27(3,4)5)17-23(22)29(25(24)30)12-13-32-20-10-8-7-9-11-20/h7-11,14-15,22-23H,6,12-13,16-17H2,1-5H3. The lowest BCUT2D eigenvalue weighted by Gasteiger charge is -2.38. The van der Waals surface area contributed by atoms with Crippen molar-refractivity contribution in [1.82, 2.24) is 9.80 Å². The van der Waals surface area contributed by atoms with Gasteiger partial charge < -0.3 is 19.3 Å². The van der Waals surface area contributed by atoms with Gasteiger partial charge in [0.25, 0.3) is 5.91 Å². The summed E-state index contributed by atoms with van der Waals surface area (Å²) >= 11 is 0. The predicted molar refractivity (Wildman–Crippen MR) is 128 cm³/mol. The number of rotatable bonds is 5. The Hall–Kier alpha value is -3.02. The zero-order valence-corrected chi connectivity index (χ0v) is 20.3. The van der Waals surface area contributed by atoms with E-state index in [1.807, 2.05) is 62.9 Å². The van der Waals surface area contributed by atoms with E-state index in [4.69, 9.17) is 9.47 Å². The van der Waals surface area contributed by atoms with Crippen LogP contribution in [0.4, 0.5) is 4.79 Å². The zero-order valence-electron chi connectivity index (χ0n) is 20.3. The molecule has 1 fully saturated rings. The molecule has 1 saturated heterocycles. The van der Waals surface area contributed by atoms with Gasteiger partial charge in [0.2, 0.25) is 0 Å². The van der Waals surface area contributed by atoms with Gasteiger partial charge in [-0.05, 0) is 62.9 Å². The van der Waals surface area contributed by atoms with E-state index in [1.165, 1.54) is 5.56 Å². The van der Waals surface area contributed by atoms with E-state index < -0.39 is 5.60 Å². The first-order valence-electron chi connectivity index (χ1n) is 11.8. The molecule has 2 unspecified atom stereocenters. The fourth-order valence-electron chi connectivity index (χ4n) is 4.90. The number of benzene rings is 2. The Balaban J connectivity index is 1.62. The van der Waals surface area contributed by atoms with Gasteiger partial charge in [-0.15, -0.1) is 0 Å². The zero-order chi connectivity index (χ0) is 23.8. The van der Waals surface area contributed by atoms with Gasteiger partial charge >= 0.3 is 6.09 Å². The van der Waals surface area contributed by atoms with Crippen molar-refractivity contribution in [3.63, 3.8) is 0 Å². The van der Waals surface area contributed by atoms with Crippen molar-refractivity contribution in [3.8, 4) is 5.75 Å². The van der Waals surface area contributed by atoms with Crippen molar-refractivity contribution >= 4 is 12.0 Å². The second-order valence-electron chi connectivity index (χ2n) is 9.95. The summed E-state index contributed by atoms with van der Waals surface area (Å²) in [6.07, 6.45) is 0.583. The van der Waals surface area contributed by atoms with Crippen molar-refractivity contribution in [2.45, 2.75) is 58.6 Å². The lowest BCUT2D eigenvalue weighted by atomic mass is 9.81. The minimum Gasteiger partial charge on any atom is -0.492 e. The number of amides is 2. The van der Waals surface area contributed by atoms with Crippen LogP contribution in [-0.4, -0.2) is 59.7 Å². The molecule has 2 aliphatic rings. The molecule has 6 nitrogen and oxygen atoms in total. The number of aryl methyl sites for hydroxylation is 2. The highest BCUT2D eigenvalue weighted by molar-refractivity contribution is 5.99. The first kappa shape index (κ1) is 23.1. The van der Waals surface area contributed by atoms with Crippen LogP contribution in [0.2, 0.25) is 0 Å². The van der Waals surface area contributed by atoms with Crippen LogP contribution in [0, 0.1) is 6.92 Å². The number of hydrogen-bond acceptors (Lipinski definition) is 4. The molecule has 176 valence electrons. The van der Waals surface area contributed by atoms with E-state index in [0.29, 0.717) is 26.2 Å². The van der Waals surface area contributed by atoms with Crippen LogP contribution in [-0.2, 0) is 11.2 Å². The quantitative estimate of drug-likeness (QED) is 0.657. The van der Waals surface area contributed by atoms with Gasteiger partial charge in [-0.1, -0.05) is 37.3 Å². The molecule has 0 saturated carbocycles. The molecule has 2 aromatic carbocycles. The van der Waals surface area contributed by atoms with E-state index >= 15 is 0 Å². The minimum absolute atomic E-state index is 0.0223. The molecule has 0 N–H and O–H groups in total. The van der Waals surface area contributed by atoms with E-state index in [1.54, 1.807) is 4.90 Å². The van der Waals surface area contributed by atoms with Crippen LogP contribution in [0.1, 0.15) is 60.7 Å². The van der Waals surface area contributed by atoms with Gasteiger partial charge in [0, 0.05) is 24.6 Å². The third kappa shape index (κ3) is 4.85. The summed E-state index contributed by atoms with van der Waals surface area (Å²) in [4.78, 5) is 30.2. The van der Waals surface area contributed by atoms with Crippen LogP contribution in [0.25, 0.3) is 0 Å². The first-order valence-corrected chi connectivity index (χ1v) is 11.8. The van der Waals surface area contributed by atoms with Crippen molar-refractivity contribution in [1.29, 1.82) is 0 Å². The summed E-state index contributed by atoms with van der Waals surface area (Å²) in [5, 5.41) is 0. The molecule has 0 aliphatic carbocycles. The maximum atomic E-state index is 13.7. The summed E-state index contributed by atoms with van der Waals surface area (Å²) in [5.74, 6) is 0.866. The van der Waals surface area contributed by atoms with Crippen molar-refractivity contribution in [2.24, 2.45) is 0 Å². The molecular formula is C27H34N2O4. The number of para-hydroxylation sites is 1. The molecule has 0 bridgehead atoms. The number of likely N-dealkylation sites (tertiary alicyclic amines) is 1. The minimum atomic E-state index is -0.562. The van der Waals surface area contributed by atoms with Crippen LogP contribution in [0.15, 0.2) is 42.5 Å². The van der Waals surface area contributed by atoms with Gasteiger partial charge in [-0.2, -0.15) is 0 Å². The second kappa shape index (κ2) is 9.08. The van der Waals surface area contributed by atoms with Crippen LogP contribution >= 0.6 is 0 Å². The highest BCUT2D eigenvalue weighted by atomic mass is 16.6. The molecule has 0 spiro atoms. The van der Waals surface area contributed by atoms with E-state index in [2.05, 4.69) is 19.1 Å². The fourth-order valence-corrected chi connectivity index (χ4v) is 4.90. The number of ether oxygens (including phenoxy) is 2. The van der Waals surface area contributed by atoms with Gasteiger partial charge in [0.05, 0.1) is 12.6 Å². The number of carbonyl (C=O) groups excluding carboxylic acids is 2. The molecule has 2 atom stereocenters. The second-order valence-corrected chi connectivity index (χ2v) is 9.95. The SMILES string of the molecule is CCc1cc(C)c2c(c1)C1CN(C(=O)OC(C)(C)C)CC1N(CCOc1ccccc1)C2=O. The molecule has 0 aromatic heterocycles. The smallest absolute Gasteiger partial charge is 0.410 e. The number of hydrogen-bond donors (Lipinski definition) is 0. The van der Waals surface area contributed by atoms with Crippen LogP contribution in [0.3, 0.4) is 0 Å². The Bertz CT molecular complexity index is 1030. The largest absolute Gasteiger partial charge is 0.492 e. The Morgan fingerprint density at radius 1 is 1.12 bits per heavy atom. The van der Waals surface area contributed by atoms with Crippen molar-refractivity contribution in [2.75, 3.05) is 26.2 Å². The summed E-state index contributed by atoms with van der Waals surface area (Å²) in [7, 11) is 0. The van der Waals surface area contributed by atoms with Crippen LogP contribution in [0.5, 0.6) is 5.75 Å². The summed E-state index contributed by atoms with van der Waals surface area (Å²) < 4.78 is 11.5. The molecule has 4 rings (SSSR count). The topological polar surface area (TPSA) is 59.1 Å². The average Bonchev–Trinajstić information content (AvgIpc) is 3.21. The third-order valence-electron chi connectivity index (χ3n) is 6.39. The first-order chi connectivity index (χ1) is 15.7. The fraction of sp³-hybridized carbons (Fsp3) is 0.481. The Morgan fingerprint density at radius 2 is 1.85 bits per heavy atom. The average molecular weight is 451 g/mol. The highest BCUT2D eigenvalue weighted by Crippen LogP contribution is 2.40. The van der Waals surface area contributed by atoms with E-state index in [9.17, 15) is 9.59 Å². The van der Waals surface area contributed by atoms with E-state index in [0.717, 1.165) is 28.9 Å². The molecule has 2 amide bonds.